The molecule has 3 aliphatic heterocycles. The SMILES string of the molecule is Nc1nc2c(ncn2[C@@H]2O[C@@H]3CO[PH](=O)O[C@H]4[C@@H](O)[C@H](n5ccc6c(N)ncnc65)O[C@@H]4COP(=O)(S)O[C@@H]2C3)c(=O)[nH]1. The third-order valence-corrected chi connectivity index (χ3v) is 9.79. The number of hydrogen-bond donors (Lipinski definition) is 5. The molecule has 230 valence electrons. The van der Waals surface area contributed by atoms with Gasteiger partial charge in [-0.15, -0.1) is 0 Å². The molecule has 6 N–H and O–H groups in total. The highest BCUT2D eigenvalue weighted by Crippen LogP contribution is 2.57. The molecule has 7 rings (SSSR count). The van der Waals surface area contributed by atoms with Gasteiger partial charge < -0.3 is 39.7 Å². The van der Waals surface area contributed by atoms with Gasteiger partial charge >= 0.3 is 15.1 Å². The molecule has 3 saturated heterocycles. The van der Waals surface area contributed by atoms with Gasteiger partial charge in [0.15, 0.2) is 23.6 Å². The molecule has 9 atom stereocenters. The van der Waals surface area contributed by atoms with E-state index in [0.29, 0.717) is 11.0 Å². The van der Waals surface area contributed by atoms with E-state index in [9.17, 15) is 19.0 Å². The van der Waals surface area contributed by atoms with Gasteiger partial charge in [0.05, 0.1) is 31.0 Å². The molecule has 19 nitrogen and oxygen atoms in total. The Hall–Kier alpha value is -2.90. The van der Waals surface area contributed by atoms with Crippen LogP contribution in [0.15, 0.2) is 29.7 Å². The Balaban J connectivity index is 1.16. The second kappa shape index (κ2) is 10.9. The van der Waals surface area contributed by atoms with E-state index in [2.05, 4.69) is 37.2 Å². The lowest BCUT2D eigenvalue weighted by Crippen LogP contribution is -2.35. The maximum absolute atomic E-state index is 13.5. The van der Waals surface area contributed by atoms with Gasteiger partial charge in [-0.2, -0.15) is 4.98 Å². The lowest BCUT2D eigenvalue weighted by atomic mass is 10.1. The van der Waals surface area contributed by atoms with Crippen LogP contribution in [0.1, 0.15) is 18.9 Å². The van der Waals surface area contributed by atoms with Crippen LogP contribution in [0, 0.1) is 0 Å². The summed E-state index contributed by atoms with van der Waals surface area (Å²) < 4.78 is 63.9. The van der Waals surface area contributed by atoms with Crippen molar-refractivity contribution < 1.29 is 41.8 Å². The maximum atomic E-state index is 13.5. The van der Waals surface area contributed by atoms with Crippen LogP contribution in [0.2, 0.25) is 0 Å². The Morgan fingerprint density at radius 1 is 1.12 bits per heavy atom. The van der Waals surface area contributed by atoms with Crippen molar-refractivity contribution >= 4 is 61.3 Å². The summed E-state index contributed by atoms with van der Waals surface area (Å²) in [7, 11) is -3.23. The van der Waals surface area contributed by atoms with Crippen LogP contribution >= 0.6 is 27.3 Å². The van der Waals surface area contributed by atoms with Gasteiger partial charge in [-0.1, -0.05) is 12.2 Å². The van der Waals surface area contributed by atoms with E-state index < -0.39 is 70.2 Å². The number of thiol groups is 1. The molecule has 3 aliphatic rings. The molecule has 43 heavy (non-hydrogen) atoms. The average Bonchev–Trinajstić information content (AvgIpc) is 3.72. The molecule has 0 aromatic carbocycles. The highest BCUT2D eigenvalue weighted by molar-refractivity contribution is 8.44. The summed E-state index contributed by atoms with van der Waals surface area (Å²) in [6.45, 7) is -4.79. The maximum Gasteiger partial charge on any atom is 0.386 e. The number of aliphatic hydroxyl groups excluding tert-OH is 1. The fourth-order valence-corrected chi connectivity index (χ4v) is 7.79. The van der Waals surface area contributed by atoms with Crippen LogP contribution in [-0.4, -0.2) is 82.9 Å². The lowest BCUT2D eigenvalue weighted by molar-refractivity contribution is -0.0567. The van der Waals surface area contributed by atoms with Gasteiger partial charge in [0.2, 0.25) is 5.95 Å². The van der Waals surface area contributed by atoms with Gasteiger partial charge in [0, 0.05) is 12.6 Å². The topological polar surface area (TPSA) is 256 Å². The van der Waals surface area contributed by atoms with E-state index in [1.807, 2.05) is 0 Å². The summed E-state index contributed by atoms with van der Waals surface area (Å²) in [5.41, 5.74) is 11.6. The minimum atomic E-state index is -4.13. The molecule has 0 radical (unpaired) electrons. The molecule has 2 bridgehead atoms. The van der Waals surface area contributed by atoms with E-state index in [-0.39, 0.29) is 36.0 Å². The summed E-state index contributed by atoms with van der Waals surface area (Å²) in [5.74, 6) is 0.0843. The number of nitrogens with one attached hydrogen (secondary N) is 1. The highest BCUT2D eigenvalue weighted by atomic mass is 32.7. The Bertz CT molecular complexity index is 1840. The minimum absolute atomic E-state index is 0.00318. The predicted molar refractivity (Wildman–Crippen MR) is 150 cm³/mol. The molecular formula is C21H25N9O10P2S. The average molecular weight is 657 g/mol. The summed E-state index contributed by atoms with van der Waals surface area (Å²) in [4.78, 5) is 31.0. The second-order valence-corrected chi connectivity index (χ2v) is 13.9. The van der Waals surface area contributed by atoms with Crippen LogP contribution in [0.4, 0.5) is 11.8 Å². The second-order valence-electron chi connectivity index (χ2n) is 9.99. The van der Waals surface area contributed by atoms with E-state index in [0.717, 1.165) is 0 Å². The van der Waals surface area contributed by atoms with Crippen LogP contribution in [0.3, 0.4) is 0 Å². The lowest BCUT2D eigenvalue weighted by Gasteiger charge is -2.25. The number of aromatic nitrogens is 7. The summed E-state index contributed by atoms with van der Waals surface area (Å²) >= 11 is 4.15. The number of nitrogens with two attached hydrogens (primary N) is 2. The molecule has 0 spiro atoms. The molecule has 4 aromatic heterocycles. The number of anilines is 2. The molecular weight excluding hydrogens is 632 g/mol. The molecule has 22 heteroatoms. The quantitative estimate of drug-likeness (QED) is 0.145. The fourth-order valence-electron chi connectivity index (χ4n) is 5.39. The molecule has 3 fully saturated rings. The first kappa shape index (κ1) is 28.8. The van der Waals surface area contributed by atoms with E-state index in [4.69, 9.17) is 39.0 Å². The Kier molecular flexibility index (Phi) is 7.32. The van der Waals surface area contributed by atoms with Crippen molar-refractivity contribution in [2.75, 3.05) is 24.7 Å². The number of ether oxygens (including phenoxy) is 2. The summed E-state index contributed by atoms with van der Waals surface area (Å²) in [5, 5.41) is 11.7. The zero-order valence-electron chi connectivity index (χ0n) is 21.8. The first-order chi connectivity index (χ1) is 20.6. The number of nitrogen functional groups attached to an aromatic ring is 2. The van der Waals surface area contributed by atoms with E-state index in [1.54, 1.807) is 12.3 Å². The molecule has 0 amide bonds. The van der Waals surface area contributed by atoms with Crippen molar-refractivity contribution in [2.45, 2.75) is 49.4 Å². The van der Waals surface area contributed by atoms with Crippen molar-refractivity contribution in [1.29, 1.82) is 0 Å². The number of H-pyrrole nitrogens is 1. The summed E-state index contributed by atoms with van der Waals surface area (Å²) in [6, 6.07) is 1.66. The number of hydrogen-bond acceptors (Lipinski definition) is 16. The van der Waals surface area contributed by atoms with Crippen LogP contribution in [-0.2, 0) is 36.7 Å². The first-order valence-corrected chi connectivity index (χ1v) is 16.8. The van der Waals surface area contributed by atoms with Gasteiger partial charge in [-0.3, -0.25) is 28.0 Å². The van der Waals surface area contributed by atoms with Crippen molar-refractivity contribution in [3.8, 4) is 0 Å². The monoisotopic (exact) mass is 657 g/mol. The number of aromatic amines is 1. The van der Waals surface area contributed by atoms with Crippen molar-refractivity contribution in [3.63, 3.8) is 0 Å². The summed E-state index contributed by atoms with van der Waals surface area (Å²) in [6.07, 6.45) is -3.20. The Labute approximate surface area is 246 Å². The number of aliphatic hydroxyl groups is 1. The predicted octanol–water partition coefficient (Wildman–Crippen LogP) is 0.519. The van der Waals surface area contributed by atoms with E-state index in [1.165, 1.54) is 21.8 Å². The standard InChI is InChI=1S/C21H25N9O10P2S/c22-15-9-1-2-29(16(9)25-6-24-15)20-13(31)14-11(38-20)5-36-42(34,43)40-10-3-8(4-35-41(33)39-14)37-19(10)30-7-26-12-17(30)27-21(23)28-18(12)32/h1-2,6-8,10-11,13-14,19-20,31,41H,3-5H2,(H,34,43)(H2,22,24,25)(H3,23,27,28,32)/t8-,10+,11+,13+,14+,19+,20+,42?/m0/s1. The third-order valence-electron chi connectivity index (χ3n) is 7.28. The molecule has 0 aliphatic carbocycles. The van der Waals surface area contributed by atoms with E-state index >= 15 is 0 Å². The van der Waals surface area contributed by atoms with Crippen molar-refractivity contribution in [2.24, 2.45) is 0 Å². The smallest absolute Gasteiger partial charge is 0.386 e. The molecule has 4 aromatic rings. The number of nitrogens with zero attached hydrogens (tertiary/aromatic N) is 6. The molecule has 2 unspecified atom stereocenters. The largest absolute Gasteiger partial charge is 0.386 e. The van der Waals surface area contributed by atoms with Gasteiger partial charge in [-0.05, 0) is 6.07 Å². The Morgan fingerprint density at radius 3 is 2.79 bits per heavy atom. The normalized spacial score (nSPS) is 35.4. The van der Waals surface area contributed by atoms with Crippen LogP contribution in [0.25, 0.3) is 22.2 Å². The van der Waals surface area contributed by atoms with Crippen molar-refractivity contribution in [3.05, 3.63) is 35.3 Å². The molecule has 0 saturated carbocycles. The Morgan fingerprint density at radius 2 is 1.95 bits per heavy atom. The zero-order chi connectivity index (χ0) is 30.0. The minimum Gasteiger partial charge on any atom is -0.386 e. The number of rotatable bonds is 2. The fraction of sp³-hybridized carbons (Fsp3) is 0.476. The molecule has 7 heterocycles. The van der Waals surface area contributed by atoms with Crippen molar-refractivity contribution in [1.82, 2.24) is 34.1 Å². The van der Waals surface area contributed by atoms with Gasteiger partial charge in [-0.25, -0.2) is 19.5 Å². The van der Waals surface area contributed by atoms with Crippen LogP contribution < -0.4 is 17.0 Å². The van der Waals surface area contributed by atoms with Gasteiger partial charge in [0.1, 0.15) is 42.2 Å². The van der Waals surface area contributed by atoms with Gasteiger partial charge in [0.25, 0.3) is 5.56 Å². The van der Waals surface area contributed by atoms with Crippen LogP contribution in [0.5, 0.6) is 0 Å². The first-order valence-electron chi connectivity index (χ1n) is 12.9. The third kappa shape index (κ3) is 5.27. The zero-order valence-corrected chi connectivity index (χ0v) is 24.6. The number of fused-ring (bicyclic) bond motifs is 5. The number of imidazole rings is 1. The highest BCUT2D eigenvalue weighted by Gasteiger charge is 2.49.